The van der Waals surface area contributed by atoms with Crippen molar-refractivity contribution in [2.24, 2.45) is 0 Å². The summed E-state index contributed by atoms with van der Waals surface area (Å²) in [5.41, 5.74) is 3.08. The fourth-order valence-electron chi connectivity index (χ4n) is 1.86. The summed E-state index contributed by atoms with van der Waals surface area (Å²) in [4.78, 5) is -0.291. The molecule has 0 bridgehead atoms. The third-order valence-corrected chi connectivity index (χ3v) is 4.42. The molecule has 0 saturated heterocycles. The number of aryl methyl sites for hydroxylation is 2. The molecule has 0 amide bonds. The van der Waals surface area contributed by atoms with Gasteiger partial charge in [-0.3, -0.25) is 0 Å². The van der Waals surface area contributed by atoms with Crippen LogP contribution in [-0.2, 0) is 15.7 Å². The van der Waals surface area contributed by atoms with E-state index < -0.39 is 14.9 Å². The number of hydrogen-bond donors (Lipinski definition) is 0. The maximum atomic E-state index is 13.8. The van der Waals surface area contributed by atoms with Crippen LogP contribution in [0.25, 0.3) is 0 Å². The third kappa shape index (κ3) is 3.95. The Hall–Kier alpha value is -1.59. The van der Waals surface area contributed by atoms with Crippen molar-refractivity contribution in [3.05, 3.63) is 58.9 Å². The van der Waals surface area contributed by atoms with Crippen molar-refractivity contribution in [2.45, 2.75) is 25.3 Å². The van der Waals surface area contributed by atoms with Crippen molar-refractivity contribution in [1.82, 2.24) is 0 Å². The summed E-state index contributed by atoms with van der Waals surface area (Å²) in [5, 5.41) is 0. The summed E-state index contributed by atoms with van der Waals surface area (Å²) < 4.78 is 41.5. The minimum atomic E-state index is -3.94. The van der Waals surface area contributed by atoms with Crippen LogP contribution in [0.3, 0.4) is 0 Å². The zero-order valence-electron chi connectivity index (χ0n) is 11.6. The van der Waals surface area contributed by atoms with Gasteiger partial charge in [0.2, 0.25) is 0 Å². The van der Waals surface area contributed by atoms with Gasteiger partial charge in [-0.15, -0.1) is 0 Å². The van der Waals surface area contributed by atoms with Gasteiger partial charge in [-0.25, -0.2) is 12.8 Å². The Bertz CT molecular complexity index is 772. The van der Waals surface area contributed by atoms with Crippen molar-refractivity contribution in [3.63, 3.8) is 0 Å². The van der Waals surface area contributed by atoms with Gasteiger partial charge in [0.1, 0.15) is 6.61 Å². The maximum absolute atomic E-state index is 13.8. The van der Waals surface area contributed by atoms with Crippen LogP contribution < -0.4 is 4.74 Å². The van der Waals surface area contributed by atoms with Crippen LogP contribution in [0.1, 0.15) is 16.7 Å². The van der Waals surface area contributed by atoms with Crippen molar-refractivity contribution in [1.29, 1.82) is 0 Å². The first kappa shape index (κ1) is 15.8. The van der Waals surface area contributed by atoms with E-state index in [9.17, 15) is 12.8 Å². The predicted molar refractivity (Wildman–Crippen MR) is 79.7 cm³/mol. The van der Waals surface area contributed by atoms with Gasteiger partial charge < -0.3 is 4.74 Å². The Morgan fingerprint density at radius 1 is 1.14 bits per heavy atom. The Kier molecular flexibility index (Phi) is 4.54. The summed E-state index contributed by atoms with van der Waals surface area (Å²) in [6.07, 6.45) is 0. The van der Waals surface area contributed by atoms with E-state index in [0.717, 1.165) is 22.8 Å². The van der Waals surface area contributed by atoms with Crippen LogP contribution in [0.2, 0.25) is 0 Å². The molecule has 0 saturated carbocycles. The average Bonchev–Trinajstić information content (AvgIpc) is 2.40. The highest BCUT2D eigenvalue weighted by Gasteiger charge is 2.14. The summed E-state index contributed by atoms with van der Waals surface area (Å²) in [6.45, 7) is 4.11. The van der Waals surface area contributed by atoms with Gasteiger partial charge in [-0.05, 0) is 43.2 Å². The number of rotatable bonds is 4. The lowest BCUT2D eigenvalue weighted by Crippen LogP contribution is -2.01. The molecule has 0 N–H and O–H groups in total. The Morgan fingerprint density at radius 3 is 2.48 bits per heavy atom. The molecule has 2 rings (SSSR count). The van der Waals surface area contributed by atoms with Crippen molar-refractivity contribution >= 4 is 19.7 Å². The van der Waals surface area contributed by atoms with E-state index in [4.69, 9.17) is 15.4 Å². The average molecular weight is 329 g/mol. The zero-order valence-corrected chi connectivity index (χ0v) is 13.1. The third-order valence-electron chi connectivity index (χ3n) is 3.07. The zero-order chi connectivity index (χ0) is 15.6. The molecule has 0 aromatic heterocycles. The maximum Gasteiger partial charge on any atom is 0.261 e. The first-order chi connectivity index (χ1) is 9.77. The highest BCUT2D eigenvalue weighted by Crippen LogP contribution is 2.24. The lowest BCUT2D eigenvalue weighted by Gasteiger charge is -2.10. The molecule has 2 aromatic rings. The standard InChI is InChI=1S/C15H14ClFO3S/c1-10-3-4-11(2)12(7-10)9-20-15-6-5-13(8-14(15)17)21(16,18)19/h3-8H,9H2,1-2H3. The van der Waals surface area contributed by atoms with Gasteiger partial charge in [0.15, 0.2) is 11.6 Å². The summed E-state index contributed by atoms with van der Waals surface area (Å²) in [7, 11) is 1.21. The van der Waals surface area contributed by atoms with Crippen molar-refractivity contribution in [3.8, 4) is 5.75 Å². The molecule has 6 heteroatoms. The minimum Gasteiger partial charge on any atom is -0.486 e. The molecule has 0 radical (unpaired) electrons. The SMILES string of the molecule is Cc1ccc(C)c(COc2ccc(S(=O)(=O)Cl)cc2F)c1. The van der Waals surface area contributed by atoms with E-state index >= 15 is 0 Å². The number of benzene rings is 2. The predicted octanol–water partition coefficient (Wildman–Crippen LogP) is 3.95. The van der Waals surface area contributed by atoms with E-state index in [1.807, 2.05) is 32.0 Å². The Labute approximate surface area is 127 Å². The molecule has 0 spiro atoms. The van der Waals surface area contributed by atoms with Crippen LogP contribution in [-0.4, -0.2) is 8.42 Å². The largest absolute Gasteiger partial charge is 0.486 e. The molecule has 21 heavy (non-hydrogen) atoms. The number of hydrogen-bond acceptors (Lipinski definition) is 3. The first-order valence-corrected chi connectivity index (χ1v) is 8.51. The van der Waals surface area contributed by atoms with Crippen LogP contribution >= 0.6 is 10.7 Å². The summed E-state index contributed by atoms with van der Waals surface area (Å²) in [6, 6.07) is 9.23. The Morgan fingerprint density at radius 2 is 1.86 bits per heavy atom. The normalized spacial score (nSPS) is 11.4. The van der Waals surface area contributed by atoms with Crippen molar-refractivity contribution in [2.75, 3.05) is 0 Å². The molecule has 0 atom stereocenters. The van der Waals surface area contributed by atoms with Gasteiger partial charge in [0.05, 0.1) is 4.90 Å². The van der Waals surface area contributed by atoms with Gasteiger partial charge in [-0.2, -0.15) is 0 Å². The Balaban J connectivity index is 2.19. The quantitative estimate of drug-likeness (QED) is 0.798. The van der Waals surface area contributed by atoms with Crippen LogP contribution in [0.4, 0.5) is 4.39 Å². The molecular weight excluding hydrogens is 315 g/mol. The smallest absolute Gasteiger partial charge is 0.261 e. The van der Waals surface area contributed by atoms with Crippen LogP contribution in [0, 0.1) is 19.7 Å². The number of ether oxygens (including phenoxy) is 1. The molecule has 0 aliphatic heterocycles. The van der Waals surface area contributed by atoms with E-state index in [1.54, 1.807) is 0 Å². The van der Waals surface area contributed by atoms with Crippen molar-refractivity contribution < 1.29 is 17.5 Å². The molecule has 0 fully saturated rings. The second-order valence-corrected chi connectivity index (χ2v) is 7.31. The van der Waals surface area contributed by atoms with Gasteiger partial charge >= 0.3 is 0 Å². The highest BCUT2D eigenvalue weighted by atomic mass is 35.7. The van der Waals surface area contributed by atoms with Crippen LogP contribution in [0.15, 0.2) is 41.3 Å². The fraction of sp³-hybridized carbons (Fsp3) is 0.200. The van der Waals surface area contributed by atoms with Gasteiger partial charge in [0.25, 0.3) is 9.05 Å². The minimum absolute atomic E-state index is 0.0139. The first-order valence-electron chi connectivity index (χ1n) is 6.20. The molecular formula is C15H14ClFO3S. The van der Waals surface area contributed by atoms with E-state index in [2.05, 4.69) is 0 Å². The fourth-order valence-corrected chi connectivity index (χ4v) is 2.62. The van der Waals surface area contributed by atoms with Crippen LogP contribution in [0.5, 0.6) is 5.75 Å². The molecule has 0 aliphatic rings. The van der Waals surface area contributed by atoms with E-state index in [-0.39, 0.29) is 17.3 Å². The topological polar surface area (TPSA) is 43.4 Å². The summed E-state index contributed by atoms with van der Waals surface area (Å²) >= 11 is 0. The molecule has 0 aliphatic carbocycles. The second kappa shape index (κ2) is 6.03. The monoisotopic (exact) mass is 328 g/mol. The molecule has 3 nitrogen and oxygen atoms in total. The van der Waals surface area contributed by atoms with E-state index in [0.29, 0.717) is 0 Å². The number of halogens is 2. The lowest BCUT2D eigenvalue weighted by atomic mass is 10.1. The lowest BCUT2D eigenvalue weighted by molar-refractivity contribution is 0.289. The second-order valence-electron chi connectivity index (χ2n) is 4.75. The molecule has 0 unspecified atom stereocenters. The molecule has 2 aromatic carbocycles. The molecule has 112 valence electrons. The van der Waals surface area contributed by atoms with Gasteiger partial charge in [0, 0.05) is 10.7 Å². The van der Waals surface area contributed by atoms with Gasteiger partial charge in [-0.1, -0.05) is 23.8 Å². The molecule has 0 heterocycles. The highest BCUT2D eigenvalue weighted by molar-refractivity contribution is 8.13. The summed E-state index contributed by atoms with van der Waals surface area (Å²) in [5.74, 6) is -0.776. The van der Waals surface area contributed by atoms with E-state index in [1.165, 1.54) is 12.1 Å².